The zero-order chi connectivity index (χ0) is 22.9. The molecule has 0 aliphatic rings. The number of benzene rings is 1. The van der Waals surface area contributed by atoms with Crippen molar-refractivity contribution >= 4 is 22.1 Å². The fourth-order valence-corrected chi connectivity index (χ4v) is 4.79. The van der Waals surface area contributed by atoms with Gasteiger partial charge >= 0.3 is 12.4 Å². The molecule has 0 N–H and O–H groups in total. The monoisotopic (exact) mass is 476 g/mol. The van der Waals surface area contributed by atoms with Crippen molar-refractivity contribution in [3.63, 3.8) is 0 Å². The molecule has 0 bridgehead atoms. The van der Waals surface area contributed by atoms with E-state index in [-0.39, 0.29) is 33.9 Å². The highest BCUT2D eigenvalue weighted by molar-refractivity contribution is 7.85. The molecule has 1 aromatic heterocycles. The normalized spacial score (nSPS) is 14.4. The maximum atomic E-state index is 14.7. The molecule has 1 atom stereocenters. The van der Waals surface area contributed by atoms with Crippen LogP contribution in [0.25, 0.3) is 5.69 Å². The lowest BCUT2D eigenvalue weighted by molar-refractivity contribution is -0.135. The van der Waals surface area contributed by atoms with Crippen molar-refractivity contribution in [2.45, 2.75) is 50.9 Å². The molecule has 0 radical (unpaired) electrons. The van der Waals surface area contributed by atoms with Crippen LogP contribution in [0, 0.1) is 26.6 Å². The van der Waals surface area contributed by atoms with E-state index in [4.69, 9.17) is 0 Å². The smallest absolute Gasteiger partial charge is 0.287 e. The number of halogens is 7. The highest BCUT2D eigenvalue weighted by Gasteiger charge is 2.32. The average Bonchev–Trinajstić information content (AvgIpc) is 2.84. The zero-order valence-electron chi connectivity index (χ0n) is 16.2. The van der Waals surface area contributed by atoms with Crippen LogP contribution in [0.4, 0.5) is 30.7 Å². The summed E-state index contributed by atoms with van der Waals surface area (Å²) in [5.41, 5.74) is 0.486. The van der Waals surface area contributed by atoms with Crippen LogP contribution in [-0.2, 0) is 10.8 Å². The Balaban J connectivity index is 2.51. The largest absolute Gasteiger partial charge is 0.400 e. The van der Waals surface area contributed by atoms with E-state index in [2.05, 4.69) is 4.99 Å². The number of hydrogen-bond donors (Lipinski definition) is 0. The van der Waals surface area contributed by atoms with Crippen molar-refractivity contribution in [2.24, 2.45) is 4.99 Å². The molecule has 0 aliphatic heterocycles. The van der Waals surface area contributed by atoms with Gasteiger partial charge in [0.1, 0.15) is 11.6 Å². The number of aromatic nitrogens is 1. The number of thiazole rings is 1. The summed E-state index contributed by atoms with van der Waals surface area (Å²) >= 11 is 1.12. The summed E-state index contributed by atoms with van der Waals surface area (Å²) in [6.07, 6.45) is -10.2. The molecule has 0 saturated carbocycles. The summed E-state index contributed by atoms with van der Waals surface area (Å²) in [5.74, 6) is -2.34. The summed E-state index contributed by atoms with van der Waals surface area (Å²) < 4.78 is 103. The van der Waals surface area contributed by atoms with E-state index >= 15 is 0 Å². The molecule has 0 saturated heterocycles. The zero-order valence-corrected chi connectivity index (χ0v) is 17.9. The lowest BCUT2D eigenvalue weighted by Gasteiger charge is -2.14. The minimum atomic E-state index is -4.66. The Hall–Kier alpha value is -1.69. The SMILES string of the molecule is Cc1cc(F)c(-n2c(C)c(C)sc2=NCCCC(F)(F)F)cc1S(=O)CC(F)(F)F. The maximum absolute atomic E-state index is 14.7. The van der Waals surface area contributed by atoms with Crippen LogP contribution < -0.4 is 4.80 Å². The Morgan fingerprint density at radius 1 is 1.07 bits per heavy atom. The van der Waals surface area contributed by atoms with E-state index in [1.807, 2.05) is 0 Å². The summed E-state index contributed by atoms with van der Waals surface area (Å²) in [4.78, 5) is 4.88. The van der Waals surface area contributed by atoms with E-state index in [0.29, 0.717) is 10.6 Å². The number of nitrogens with zero attached hydrogens (tertiary/aromatic N) is 2. The quantitative estimate of drug-likeness (QED) is 0.400. The minimum absolute atomic E-state index is 0.104. The maximum Gasteiger partial charge on any atom is 0.400 e. The van der Waals surface area contributed by atoms with E-state index in [9.17, 15) is 34.9 Å². The summed E-state index contributed by atoms with van der Waals surface area (Å²) in [7, 11) is -2.44. The van der Waals surface area contributed by atoms with Gasteiger partial charge in [-0.15, -0.1) is 11.3 Å². The van der Waals surface area contributed by atoms with Gasteiger partial charge in [0.2, 0.25) is 0 Å². The molecule has 30 heavy (non-hydrogen) atoms. The fraction of sp³-hybridized carbons (Fsp3) is 0.500. The second kappa shape index (κ2) is 9.21. The minimum Gasteiger partial charge on any atom is -0.287 e. The second-order valence-electron chi connectivity index (χ2n) is 6.64. The molecule has 1 aromatic carbocycles. The van der Waals surface area contributed by atoms with Gasteiger partial charge in [0, 0.05) is 28.4 Å². The van der Waals surface area contributed by atoms with Gasteiger partial charge < -0.3 is 0 Å². The first-order chi connectivity index (χ1) is 13.7. The van der Waals surface area contributed by atoms with Gasteiger partial charge in [-0.2, -0.15) is 26.3 Å². The molecule has 168 valence electrons. The number of aryl methyl sites for hydroxylation is 2. The highest BCUT2D eigenvalue weighted by atomic mass is 32.2. The lowest BCUT2D eigenvalue weighted by atomic mass is 10.2. The molecule has 0 aliphatic carbocycles. The summed E-state index contributed by atoms with van der Waals surface area (Å²) in [5, 5.41) is 0. The van der Waals surface area contributed by atoms with Crippen LogP contribution in [0.2, 0.25) is 0 Å². The van der Waals surface area contributed by atoms with Gasteiger partial charge in [-0.1, -0.05) is 0 Å². The predicted molar refractivity (Wildman–Crippen MR) is 101 cm³/mol. The van der Waals surface area contributed by atoms with Crippen LogP contribution in [0.3, 0.4) is 0 Å². The van der Waals surface area contributed by atoms with Gasteiger partial charge in [-0.05, 0) is 44.9 Å². The molecule has 1 heterocycles. The van der Waals surface area contributed by atoms with Gasteiger partial charge in [-0.25, -0.2) is 4.39 Å². The van der Waals surface area contributed by atoms with Crippen LogP contribution in [-0.4, -0.2) is 33.4 Å². The Kier molecular flexibility index (Phi) is 7.54. The van der Waals surface area contributed by atoms with E-state index < -0.39 is 41.1 Å². The molecule has 0 amide bonds. The van der Waals surface area contributed by atoms with Crippen LogP contribution in [0.15, 0.2) is 22.0 Å². The molecule has 12 heteroatoms. The fourth-order valence-electron chi connectivity index (χ4n) is 2.68. The van der Waals surface area contributed by atoms with Crippen molar-refractivity contribution in [3.8, 4) is 5.69 Å². The molecule has 0 spiro atoms. The van der Waals surface area contributed by atoms with Gasteiger partial charge in [0.25, 0.3) is 0 Å². The third-order valence-corrected chi connectivity index (χ3v) is 6.79. The lowest BCUT2D eigenvalue weighted by Crippen LogP contribution is -2.20. The highest BCUT2D eigenvalue weighted by Crippen LogP contribution is 2.27. The molecule has 2 aromatic rings. The summed E-state index contributed by atoms with van der Waals surface area (Å²) in [6, 6.07) is 2.08. The number of hydrogen-bond acceptors (Lipinski definition) is 3. The predicted octanol–water partition coefficient (Wildman–Crippen LogP) is 5.52. The first-order valence-corrected chi connectivity index (χ1v) is 10.8. The van der Waals surface area contributed by atoms with Crippen molar-refractivity contribution in [1.29, 1.82) is 0 Å². The van der Waals surface area contributed by atoms with Crippen LogP contribution in [0.5, 0.6) is 0 Å². The van der Waals surface area contributed by atoms with E-state index in [1.54, 1.807) is 13.8 Å². The second-order valence-corrected chi connectivity index (χ2v) is 9.24. The number of alkyl halides is 6. The first-order valence-electron chi connectivity index (χ1n) is 8.71. The molecule has 0 fully saturated rings. The van der Waals surface area contributed by atoms with E-state index in [1.165, 1.54) is 11.5 Å². The Labute approximate surface area is 174 Å². The van der Waals surface area contributed by atoms with Crippen LogP contribution in [0.1, 0.15) is 29.0 Å². The van der Waals surface area contributed by atoms with Crippen molar-refractivity contribution in [1.82, 2.24) is 4.57 Å². The summed E-state index contributed by atoms with van der Waals surface area (Å²) in [6.45, 7) is 4.54. The molecular formula is C18H19F7N2OS2. The topological polar surface area (TPSA) is 34.4 Å². The Morgan fingerprint density at radius 2 is 1.70 bits per heavy atom. The Morgan fingerprint density at radius 3 is 2.27 bits per heavy atom. The third kappa shape index (κ3) is 6.40. The average molecular weight is 476 g/mol. The van der Waals surface area contributed by atoms with Crippen molar-refractivity contribution in [3.05, 3.63) is 38.9 Å². The molecular weight excluding hydrogens is 457 g/mol. The number of rotatable bonds is 6. The molecule has 2 rings (SSSR count). The van der Waals surface area contributed by atoms with Gasteiger partial charge in [0.05, 0.1) is 16.5 Å². The third-order valence-electron chi connectivity index (χ3n) is 4.17. The molecule has 1 unspecified atom stereocenters. The Bertz CT molecular complexity index is 1000. The van der Waals surface area contributed by atoms with Gasteiger partial charge in [-0.3, -0.25) is 13.8 Å². The van der Waals surface area contributed by atoms with Gasteiger partial charge in [0.15, 0.2) is 4.80 Å². The molecule has 3 nitrogen and oxygen atoms in total. The van der Waals surface area contributed by atoms with E-state index in [0.717, 1.165) is 23.5 Å². The van der Waals surface area contributed by atoms with Crippen molar-refractivity contribution < 1.29 is 34.9 Å². The van der Waals surface area contributed by atoms with Crippen molar-refractivity contribution in [2.75, 3.05) is 12.3 Å². The standard InChI is InChI=1S/C18H19F7N2OS2/c1-10-7-13(19)14(8-15(10)30(28)9-18(23,24)25)27-11(2)12(3)29-16(27)26-6-4-5-17(20,21)22/h7-8H,4-6,9H2,1-3H3. The first kappa shape index (κ1) is 24.6. The van der Waals surface area contributed by atoms with Crippen LogP contribution >= 0.6 is 11.3 Å².